The number of hydrogen-bond donors (Lipinski definition) is 0. The van der Waals surface area contributed by atoms with E-state index in [1.165, 1.54) is 0 Å². The highest BCUT2D eigenvalue weighted by molar-refractivity contribution is 5.95. The zero-order chi connectivity index (χ0) is 13.2. The number of carbonyl (C=O) groups is 1. The van der Waals surface area contributed by atoms with Crippen molar-refractivity contribution in [2.45, 2.75) is 19.3 Å². The average molecular weight is 257 g/mol. The lowest BCUT2D eigenvalue weighted by Gasteiger charge is -2.25. The fourth-order valence-electron chi connectivity index (χ4n) is 2.49. The predicted octanol–water partition coefficient (Wildman–Crippen LogP) is 2.42. The van der Waals surface area contributed by atoms with Crippen molar-refractivity contribution in [1.82, 2.24) is 4.90 Å². The van der Waals surface area contributed by atoms with E-state index >= 15 is 0 Å². The summed E-state index contributed by atoms with van der Waals surface area (Å²) in [4.78, 5) is 25.9. The van der Waals surface area contributed by atoms with Crippen molar-refractivity contribution in [3.05, 3.63) is 46.5 Å². The van der Waals surface area contributed by atoms with Gasteiger partial charge in [0, 0.05) is 13.1 Å². The Balaban J connectivity index is 2.00. The minimum absolute atomic E-state index is 0.144. The van der Waals surface area contributed by atoms with E-state index in [0.717, 1.165) is 37.7 Å². The molecule has 98 valence electrons. The zero-order valence-corrected chi connectivity index (χ0v) is 10.6. The van der Waals surface area contributed by atoms with Crippen LogP contribution in [0.2, 0.25) is 0 Å². The van der Waals surface area contributed by atoms with Gasteiger partial charge >= 0.3 is 5.63 Å². The first-order valence-corrected chi connectivity index (χ1v) is 6.58. The lowest BCUT2D eigenvalue weighted by molar-refractivity contribution is 0.0688. The van der Waals surface area contributed by atoms with Crippen molar-refractivity contribution in [1.29, 1.82) is 0 Å². The molecule has 2 heterocycles. The standard InChI is InChI=1S/C15H15NO3/c17-14(16-8-4-1-5-9-16)13-10-11-6-2-3-7-12(11)15(18)19-13/h2-3,6-7,10H,1,4-5,8-9H2. The molecule has 0 aliphatic carbocycles. The van der Waals surface area contributed by atoms with Gasteiger partial charge in [0.25, 0.3) is 5.91 Å². The quantitative estimate of drug-likeness (QED) is 0.788. The fourth-order valence-corrected chi connectivity index (χ4v) is 2.49. The van der Waals surface area contributed by atoms with Crippen LogP contribution in [0.3, 0.4) is 0 Å². The Bertz CT molecular complexity index is 668. The van der Waals surface area contributed by atoms with Gasteiger partial charge in [-0.1, -0.05) is 18.2 Å². The minimum Gasteiger partial charge on any atom is -0.417 e. The lowest BCUT2D eigenvalue weighted by atomic mass is 10.1. The first kappa shape index (κ1) is 12.0. The Morgan fingerprint density at radius 2 is 1.84 bits per heavy atom. The second-order valence-electron chi connectivity index (χ2n) is 4.84. The Morgan fingerprint density at radius 1 is 1.11 bits per heavy atom. The van der Waals surface area contributed by atoms with Crippen molar-refractivity contribution >= 4 is 16.7 Å². The summed E-state index contributed by atoms with van der Waals surface area (Å²) in [5.74, 6) is -0.0341. The maximum atomic E-state index is 12.3. The second kappa shape index (κ2) is 4.88. The number of benzene rings is 1. The number of fused-ring (bicyclic) bond motifs is 1. The largest absolute Gasteiger partial charge is 0.417 e. The summed E-state index contributed by atoms with van der Waals surface area (Å²) in [7, 11) is 0. The van der Waals surface area contributed by atoms with Crippen LogP contribution < -0.4 is 5.63 Å². The molecular formula is C15H15NO3. The normalized spacial score (nSPS) is 15.7. The molecule has 2 aromatic rings. The van der Waals surface area contributed by atoms with Crippen molar-refractivity contribution in [2.24, 2.45) is 0 Å². The maximum absolute atomic E-state index is 12.3. The molecule has 0 saturated carbocycles. The average Bonchev–Trinajstić information content (AvgIpc) is 2.47. The molecule has 1 amide bonds. The molecule has 1 aromatic heterocycles. The van der Waals surface area contributed by atoms with Crippen LogP contribution in [0.15, 0.2) is 39.5 Å². The predicted molar refractivity (Wildman–Crippen MR) is 72.2 cm³/mol. The van der Waals surface area contributed by atoms with E-state index in [0.29, 0.717) is 5.39 Å². The first-order chi connectivity index (χ1) is 9.25. The molecule has 1 aliphatic rings. The van der Waals surface area contributed by atoms with Gasteiger partial charge in [-0.05, 0) is 36.8 Å². The molecule has 0 spiro atoms. The molecule has 4 nitrogen and oxygen atoms in total. The van der Waals surface area contributed by atoms with Gasteiger partial charge in [0.15, 0.2) is 5.76 Å². The molecule has 1 saturated heterocycles. The number of amides is 1. The highest BCUT2D eigenvalue weighted by Crippen LogP contribution is 2.16. The summed E-state index contributed by atoms with van der Waals surface area (Å²) < 4.78 is 5.16. The van der Waals surface area contributed by atoms with Gasteiger partial charge in [-0.2, -0.15) is 0 Å². The lowest BCUT2D eigenvalue weighted by Crippen LogP contribution is -2.35. The van der Waals surface area contributed by atoms with Crippen LogP contribution in [0, 0.1) is 0 Å². The Labute approximate surface area is 110 Å². The van der Waals surface area contributed by atoms with Gasteiger partial charge in [-0.3, -0.25) is 4.79 Å². The number of likely N-dealkylation sites (tertiary alicyclic amines) is 1. The van der Waals surface area contributed by atoms with Gasteiger partial charge in [0.2, 0.25) is 0 Å². The van der Waals surface area contributed by atoms with Crippen LogP contribution in [0.1, 0.15) is 29.8 Å². The molecule has 0 unspecified atom stereocenters. The van der Waals surface area contributed by atoms with E-state index in [4.69, 9.17) is 4.42 Å². The van der Waals surface area contributed by atoms with Crippen molar-refractivity contribution < 1.29 is 9.21 Å². The minimum atomic E-state index is -0.446. The summed E-state index contributed by atoms with van der Waals surface area (Å²) >= 11 is 0. The van der Waals surface area contributed by atoms with Gasteiger partial charge in [-0.15, -0.1) is 0 Å². The molecular weight excluding hydrogens is 242 g/mol. The first-order valence-electron chi connectivity index (χ1n) is 6.58. The van der Waals surface area contributed by atoms with E-state index in [2.05, 4.69) is 0 Å². The van der Waals surface area contributed by atoms with E-state index < -0.39 is 5.63 Å². The van der Waals surface area contributed by atoms with Crippen molar-refractivity contribution in [3.63, 3.8) is 0 Å². The maximum Gasteiger partial charge on any atom is 0.344 e. The number of hydrogen-bond acceptors (Lipinski definition) is 3. The fraction of sp³-hybridized carbons (Fsp3) is 0.333. The van der Waals surface area contributed by atoms with E-state index in [-0.39, 0.29) is 11.7 Å². The topological polar surface area (TPSA) is 50.5 Å². The smallest absolute Gasteiger partial charge is 0.344 e. The SMILES string of the molecule is O=C(c1cc2ccccc2c(=O)o1)N1CCCCC1. The van der Waals surface area contributed by atoms with E-state index in [1.54, 1.807) is 23.1 Å². The van der Waals surface area contributed by atoms with Crippen LogP contribution in [-0.2, 0) is 0 Å². The van der Waals surface area contributed by atoms with Gasteiger partial charge in [0.05, 0.1) is 5.39 Å². The summed E-state index contributed by atoms with van der Waals surface area (Å²) in [5.41, 5.74) is -0.446. The van der Waals surface area contributed by atoms with Gasteiger partial charge in [-0.25, -0.2) is 4.79 Å². The number of carbonyl (C=O) groups excluding carboxylic acids is 1. The highest BCUT2D eigenvalue weighted by Gasteiger charge is 2.21. The van der Waals surface area contributed by atoms with Crippen LogP contribution in [0.4, 0.5) is 0 Å². The zero-order valence-electron chi connectivity index (χ0n) is 10.6. The van der Waals surface area contributed by atoms with Crippen LogP contribution >= 0.6 is 0 Å². The Kier molecular flexibility index (Phi) is 3.07. The Morgan fingerprint density at radius 3 is 2.63 bits per heavy atom. The molecule has 3 rings (SSSR count). The summed E-state index contributed by atoms with van der Waals surface area (Å²) in [6.45, 7) is 1.49. The van der Waals surface area contributed by atoms with Crippen molar-refractivity contribution in [3.8, 4) is 0 Å². The molecule has 0 bridgehead atoms. The van der Waals surface area contributed by atoms with E-state index in [1.807, 2.05) is 12.1 Å². The van der Waals surface area contributed by atoms with Crippen LogP contribution in [0.25, 0.3) is 10.8 Å². The third kappa shape index (κ3) is 2.26. The molecule has 4 heteroatoms. The van der Waals surface area contributed by atoms with Gasteiger partial charge in [0.1, 0.15) is 0 Å². The van der Waals surface area contributed by atoms with Crippen LogP contribution in [0.5, 0.6) is 0 Å². The highest BCUT2D eigenvalue weighted by atomic mass is 16.4. The molecule has 0 radical (unpaired) electrons. The molecule has 19 heavy (non-hydrogen) atoms. The number of nitrogens with zero attached hydrogens (tertiary/aromatic N) is 1. The number of piperidine rings is 1. The second-order valence-corrected chi connectivity index (χ2v) is 4.84. The molecule has 0 N–H and O–H groups in total. The van der Waals surface area contributed by atoms with E-state index in [9.17, 15) is 9.59 Å². The third-order valence-electron chi connectivity index (χ3n) is 3.52. The summed E-state index contributed by atoms with van der Waals surface area (Å²) in [6, 6.07) is 8.81. The third-order valence-corrected chi connectivity index (χ3v) is 3.52. The summed E-state index contributed by atoms with van der Waals surface area (Å²) in [6.07, 6.45) is 3.19. The van der Waals surface area contributed by atoms with Crippen molar-refractivity contribution in [2.75, 3.05) is 13.1 Å². The monoisotopic (exact) mass is 257 g/mol. The molecule has 1 aliphatic heterocycles. The summed E-state index contributed by atoms with van der Waals surface area (Å²) in [5, 5.41) is 1.26. The molecule has 1 aromatic carbocycles. The number of rotatable bonds is 1. The Hall–Kier alpha value is -2.10. The van der Waals surface area contributed by atoms with Crippen LogP contribution in [-0.4, -0.2) is 23.9 Å². The molecule has 0 atom stereocenters. The molecule has 1 fully saturated rings. The van der Waals surface area contributed by atoms with Gasteiger partial charge < -0.3 is 9.32 Å².